The summed E-state index contributed by atoms with van der Waals surface area (Å²) in [6, 6.07) is 15.2. The molecule has 3 fully saturated rings. The molecule has 0 spiro atoms. The predicted octanol–water partition coefficient (Wildman–Crippen LogP) is 3.97. The van der Waals surface area contributed by atoms with Gasteiger partial charge in [-0.15, -0.1) is 0 Å². The number of fused-ring (bicyclic) bond motifs is 3. The second kappa shape index (κ2) is 14.0. The summed E-state index contributed by atoms with van der Waals surface area (Å²) in [4.78, 5) is 29.5. The number of aryl methyl sites for hydroxylation is 2. The molecular formula is C38H46N8O5. The minimum absolute atomic E-state index is 0.223. The zero-order chi connectivity index (χ0) is 35.1. The summed E-state index contributed by atoms with van der Waals surface area (Å²) < 4.78 is 28.5. The number of morpholine rings is 1. The lowest BCUT2D eigenvalue weighted by molar-refractivity contribution is -0.197. The number of hydrogen-bond acceptors (Lipinski definition) is 10. The first-order chi connectivity index (χ1) is 24.7. The first-order valence-corrected chi connectivity index (χ1v) is 17.9. The van der Waals surface area contributed by atoms with E-state index in [0.29, 0.717) is 43.3 Å². The van der Waals surface area contributed by atoms with Gasteiger partial charge in [0.1, 0.15) is 18.5 Å². The van der Waals surface area contributed by atoms with E-state index in [1.54, 1.807) is 6.33 Å². The van der Waals surface area contributed by atoms with Crippen molar-refractivity contribution >= 4 is 33.8 Å². The molecule has 3 saturated heterocycles. The molecule has 0 aliphatic carbocycles. The molecule has 2 aromatic carbocycles. The molecule has 2 N–H and O–H groups in total. The van der Waals surface area contributed by atoms with E-state index >= 15 is 0 Å². The number of para-hydroxylation sites is 1. The van der Waals surface area contributed by atoms with Crippen LogP contribution in [0.2, 0.25) is 0 Å². The molecule has 13 heteroatoms. The van der Waals surface area contributed by atoms with Crippen molar-refractivity contribution in [3.05, 3.63) is 83.6 Å². The summed E-state index contributed by atoms with van der Waals surface area (Å²) >= 11 is 0. The molecule has 8 rings (SSSR count). The quantitative estimate of drug-likeness (QED) is 0.210. The number of nitrogens with one attached hydrogen (secondary N) is 2. The van der Waals surface area contributed by atoms with Crippen molar-refractivity contribution in [2.24, 2.45) is 0 Å². The highest BCUT2D eigenvalue weighted by Gasteiger charge is 2.58. The largest absolute Gasteiger partial charge is 0.379 e. The van der Waals surface area contributed by atoms with Gasteiger partial charge in [-0.05, 0) is 56.9 Å². The number of aromatic nitrogens is 5. The number of nitrogens with zero attached hydrogens (tertiary/aromatic N) is 6. The predicted molar refractivity (Wildman–Crippen MR) is 192 cm³/mol. The number of ether oxygens (including phenoxy) is 4. The number of hydrogen-bond donors (Lipinski definition) is 2. The Kier molecular flexibility index (Phi) is 9.23. The molecule has 1 amide bonds. The third-order valence-electron chi connectivity index (χ3n) is 10.2. The number of amides is 1. The van der Waals surface area contributed by atoms with Gasteiger partial charge in [0.25, 0.3) is 5.91 Å². The molecule has 3 aliphatic rings. The highest BCUT2D eigenvalue weighted by Crippen LogP contribution is 2.44. The summed E-state index contributed by atoms with van der Waals surface area (Å²) in [5, 5.41) is 7.80. The van der Waals surface area contributed by atoms with E-state index in [1.165, 1.54) is 39.5 Å². The molecule has 0 radical (unpaired) electrons. The molecule has 5 aromatic rings. The standard InChI is InChI=1S/C38H46N8O5/c1-24-9-10-25(2)27(19-24)21-45-20-26(28-7-5-6-8-29(28)45)11-12-39-34-30-35(42-22-41-34)46(23-43-30)37-33-31(50-38(3,4)51-33)32(49-37)36(47)40-13-14-44-15-17-48-18-16-44/h5-10,19-20,22-23,31-33,37H,11-18,21H2,1-4H3,(H,40,47)(H,39,41,42)/t31-,32+,33-,37-/m1/s1. The molecule has 3 aromatic heterocycles. The number of imidazole rings is 1. The molecule has 3 aliphatic heterocycles. The van der Waals surface area contributed by atoms with E-state index in [0.717, 1.165) is 32.6 Å². The number of carbonyl (C=O) groups is 1. The van der Waals surface area contributed by atoms with E-state index in [2.05, 4.69) is 92.6 Å². The smallest absolute Gasteiger partial charge is 0.252 e. The molecule has 268 valence electrons. The van der Waals surface area contributed by atoms with Gasteiger partial charge in [0.15, 0.2) is 35.1 Å². The van der Waals surface area contributed by atoms with Gasteiger partial charge in [-0.25, -0.2) is 15.0 Å². The fourth-order valence-corrected chi connectivity index (χ4v) is 7.56. The monoisotopic (exact) mass is 694 g/mol. The zero-order valence-electron chi connectivity index (χ0n) is 29.7. The van der Waals surface area contributed by atoms with Gasteiger partial charge in [-0.1, -0.05) is 42.0 Å². The third kappa shape index (κ3) is 6.84. The number of benzene rings is 2. The van der Waals surface area contributed by atoms with E-state index in [-0.39, 0.29) is 5.91 Å². The molecule has 51 heavy (non-hydrogen) atoms. The summed E-state index contributed by atoms with van der Waals surface area (Å²) in [6.45, 7) is 13.9. The van der Waals surface area contributed by atoms with Crippen molar-refractivity contribution in [2.45, 2.75) is 71.0 Å². The van der Waals surface area contributed by atoms with Crippen LogP contribution >= 0.6 is 0 Å². The third-order valence-corrected chi connectivity index (χ3v) is 10.2. The minimum Gasteiger partial charge on any atom is -0.379 e. The van der Waals surface area contributed by atoms with E-state index in [1.807, 2.05) is 18.4 Å². The first-order valence-electron chi connectivity index (χ1n) is 17.9. The maximum Gasteiger partial charge on any atom is 0.252 e. The first kappa shape index (κ1) is 33.7. The summed E-state index contributed by atoms with van der Waals surface area (Å²) in [6.07, 6.45) is 3.65. The molecule has 0 saturated carbocycles. The zero-order valence-corrected chi connectivity index (χ0v) is 29.7. The molecule has 6 heterocycles. The Hall–Kier alpha value is -4.40. The van der Waals surface area contributed by atoms with Crippen LogP contribution in [0.1, 0.15) is 42.3 Å². The Labute approximate surface area is 297 Å². The van der Waals surface area contributed by atoms with E-state index in [4.69, 9.17) is 23.9 Å². The maximum atomic E-state index is 13.4. The molecule has 0 unspecified atom stereocenters. The Morgan fingerprint density at radius 3 is 2.67 bits per heavy atom. The lowest BCUT2D eigenvalue weighted by atomic mass is 10.1. The highest BCUT2D eigenvalue weighted by molar-refractivity contribution is 5.85. The van der Waals surface area contributed by atoms with Crippen LogP contribution in [0.15, 0.2) is 61.3 Å². The fourth-order valence-electron chi connectivity index (χ4n) is 7.56. The van der Waals surface area contributed by atoms with Gasteiger partial charge >= 0.3 is 0 Å². The van der Waals surface area contributed by atoms with Crippen LogP contribution in [0, 0.1) is 13.8 Å². The van der Waals surface area contributed by atoms with Crippen LogP contribution in [-0.2, 0) is 36.7 Å². The van der Waals surface area contributed by atoms with Gasteiger partial charge in [-0.3, -0.25) is 14.3 Å². The molecule has 0 bridgehead atoms. The number of rotatable bonds is 11. The van der Waals surface area contributed by atoms with Crippen LogP contribution in [0.4, 0.5) is 5.82 Å². The van der Waals surface area contributed by atoms with Crippen molar-refractivity contribution in [3.8, 4) is 0 Å². The highest BCUT2D eigenvalue weighted by atomic mass is 16.8. The fraction of sp³-hybridized carbons (Fsp3) is 0.474. The Morgan fingerprint density at radius 1 is 0.980 bits per heavy atom. The Balaban J connectivity index is 0.968. The Bertz CT molecular complexity index is 2040. The van der Waals surface area contributed by atoms with Crippen molar-refractivity contribution in [1.29, 1.82) is 0 Å². The van der Waals surface area contributed by atoms with Crippen molar-refractivity contribution < 1.29 is 23.7 Å². The van der Waals surface area contributed by atoms with Crippen LogP contribution in [0.5, 0.6) is 0 Å². The molecule has 4 atom stereocenters. The number of carbonyl (C=O) groups excluding carboxylic acids is 1. The normalized spacial score (nSPS) is 23.2. The van der Waals surface area contributed by atoms with Gasteiger partial charge in [0, 0.05) is 56.4 Å². The van der Waals surface area contributed by atoms with Crippen molar-refractivity contribution in [3.63, 3.8) is 0 Å². The van der Waals surface area contributed by atoms with Crippen LogP contribution < -0.4 is 10.6 Å². The lowest BCUT2D eigenvalue weighted by Crippen LogP contribution is -2.46. The molecular weight excluding hydrogens is 648 g/mol. The SMILES string of the molecule is Cc1ccc(C)c(Cn2cc(CCNc3ncnc4c3ncn4[C@@H]3O[C@H](C(=O)NCCN4CCOCC4)[C@H]4OC(C)(C)O[C@H]43)c3ccccc32)c1. The van der Waals surface area contributed by atoms with Crippen molar-refractivity contribution in [1.82, 2.24) is 34.3 Å². The average molecular weight is 695 g/mol. The van der Waals surface area contributed by atoms with E-state index in [9.17, 15) is 4.79 Å². The summed E-state index contributed by atoms with van der Waals surface area (Å²) in [7, 11) is 0. The second-order valence-electron chi connectivity index (χ2n) is 14.2. The minimum atomic E-state index is -0.871. The maximum absolute atomic E-state index is 13.4. The van der Waals surface area contributed by atoms with Crippen molar-refractivity contribution in [2.75, 3.05) is 51.3 Å². The second-order valence-corrected chi connectivity index (χ2v) is 14.2. The lowest BCUT2D eigenvalue weighted by Gasteiger charge is -2.27. The summed E-state index contributed by atoms with van der Waals surface area (Å²) in [5.41, 5.74) is 7.57. The van der Waals surface area contributed by atoms with E-state index < -0.39 is 30.3 Å². The molecule has 13 nitrogen and oxygen atoms in total. The van der Waals surface area contributed by atoms with Crippen LogP contribution in [0.25, 0.3) is 22.1 Å². The van der Waals surface area contributed by atoms with Gasteiger partial charge in [0.2, 0.25) is 0 Å². The van der Waals surface area contributed by atoms with Gasteiger partial charge in [-0.2, -0.15) is 0 Å². The van der Waals surface area contributed by atoms with Crippen LogP contribution in [-0.4, -0.2) is 105 Å². The van der Waals surface area contributed by atoms with Gasteiger partial charge < -0.3 is 34.1 Å². The van der Waals surface area contributed by atoms with Gasteiger partial charge in [0.05, 0.1) is 19.5 Å². The average Bonchev–Trinajstić information content (AvgIpc) is 3.87. The van der Waals surface area contributed by atoms with Crippen LogP contribution in [0.3, 0.4) is 0 Å². The number of anilines is 1. The topological polar surface area (TPSA) is 130 Å². The summed E-state index contributed by atoms with van der Waals surface area (Å²) in [5.74, 6) is -0.461. The Morgan fingerprint density at radius 2 is 1.80 bits per heavy atom.